The summed E-state index contributed by atoms with van der Waals surface area (Å²) in [5, 5.41) is 6.79. The molecule has 0 bridgehead atoms. The maximum atomic E-state index is 12.1. The number of pyridine rings is 1. The Hall–Kier alpha value is -2.72. The molecule has 2 aromatic heterocycles. The molecule has 0 unspecified atom stereocenters. The van der Waals surface area contributed by atoms with Crippen molar-refractivity contribution in [3.05, 3.63) is 69.6 Å². The summed E-state index contributed by atoms with van der Waals surface area (Å²) < 4.78 is 11.0. The number of carbonyl (C=O) groups is 1. The number of amides is 1. The molecule has 4 rings (SSSR count). The third-order valence-electron chi connectivity index (χ3n) is 4.99. The Morgan fingerprint density at radius 1 is 1.28 bits per heavy atom. The molecule has 2 atom stereocenters. The predicted octanol–water partition coefficient (Wildman–Crippen LogP) is 4.57. The van der Waals surface area contributed by atoms with Gasteiger partial charge in [0.05, 0.1) is 34.9 Å². The molecule has 166 valence electrons. The number of halogens is 1. The first kappa shape index (κ1) is 22.5. The Labute approximate surface area is 200 Å². The minimum atomic E-state index is -0.280. The Morgan fingerprint density at radius 3 is 2.78 bits per heavy atom. The minimum Gasteiger partial charge on any atom is -0.495 e. The zero-order valence-corrected chi connectivity index (χ0v) is 19.8. The number of hydrogen-bond donors (Lipinski definition) is 2. The number of methoxy groups -OCH3 is 2. The number of anilines is 2. The number of hydrogen-bond acceptors (Lipinski definition) is 6. The molecule has 3 heterocycles. The Balaban J connectivity index is 1.77. The largest absolute Gasteiger partial charge is 0.495 e. The van der Waals surface area contributed by atoms with Crippen LogP contribution in [-0.2, 0) is 9.53 Å². The zero-order valence-electron chi connectivity index (χ0n) is 17.4. The molecule has 7 nitrogen and oxygen atoms in total. The van der Waals surface area contributed by atoms with Crippen molar-refractivity contribution in [3.63, 3.8) is 0 Å². The second-order valence-corrected chi connectivity index (χ2v) is 9.14. The quantitative estimate of drug-likeness (QED) is 0.472. The molecule has 1 fully saturated rings. The number of aromatic nitrogens is 1. The Bertz CT molecular complexity index is 1130. The summed E-state index contributed by atoms with van der Waals surface area (Å²) in [5.74, 6) is 0.256. The first-order valence-electron chi connectivity index (χ1n) is 9.74. The van der Waals surface area contributed by atoms with Crippen LogP contribution in [0.3, 0.4) is 0 Å². The van der Waals surface area contributed by atoms with E-state index in [2.05, 4.69) is 15.6 Å². The van der Waals surface area contributed by atoms with Gasteiger partial charge in [-0.1, -0.05) is 17.7 Å². The van der Waals surface area contributed by atoms with Gasteiger partial charge in [-0.05, 0) is 54.7 Å². The van der Waals surface area contributed by atoms with Gasteiger partial charge < -0.3 is 25.0 Å². The summed E-state index contributed by atoms with van der Waals surface area (Å²) in [6, 6.07) is 14.9. The van der Waals surface area contributed by atoms with Crippen LogP contribution in [0, 0.1) is 0 Å². The number of benzene rings is 1. The molecule has 2 N–H and O–H groups in total. The zero-order chi connectivity index (χ0) is 22.7. The standard InChI is InChI=1S/C22H21ClN4O3S2/c1-29-12-19(28)25-15-11-13(6-7-16(15)30-2)27-21(17-8-9-18(23)32-17)20(26-22(27)31)14-5-3-4-10-24-14/h3-11,20-21H,12H2,1-2H3,(H,25,28)(H,26,31)/t20-,21+/m0/s1. The normalized spacial score (nSPS) is 17.8. The van der Waals surface area contributed by atoms with Crippen molar-refractivity contribution >= 4 is 57.5 Å². The number of thiophene rings is 1. The second kappa shape index (κ2) is 9.83. The van der Waals surface area contributed by atoms with Crippen LogP contribution in [0.25, 0.3) is 0 Å². The molecule has 3 aromatic rings. The van der Waals surface area contributed by atoms with Gasteiger partial charge in [0.15, 0.2) is 5.11 Å². The average Bonchev–Trinajstić information content (AvgIpc) is 3.37. The van der Waals surface area contributed by atoms with Crippen LogP contribution in [-0.4, -0.2) is 36.8 Å². The second-order valence-electron chi connectivity index (χ2n) is 7.00. The van der Waals surface area contributed by atoms with Gasteiger partial charge in [0.1, 0.15) is 12.4 Å². The summed E-state index contributed by atoms with van der Waals surface area (Å²) in [6.45, 7) is -0.0604. The Kier molecular flexibility index (Phi) is 6.90. The van der Waals surface area contributed by atoms with E-state index >= 15 is 0 Å². The van der Waals surface area contributed by atoms with E-state index in [0.29, 0.717) is 20.9 Å². The summed E-state index contributed by atoms with van der Waals surface area (Å²) in [5.41, 5.74) is 2.19. The highest BCUT2D eigenvalue weighted by Crippen LogP contribution is 2.45. The number of nitrogens with zero attached hydrogens (tertiary/aromatic N) is 2. The van der Waals surface area contributed by atoms with E-state index in [-0.39, 0.29) is 24.6 Å². The molecule has 1 amide bonds. The van der Waals surface area contributed by atoms with Gasteiger partial charge in [0.25, 0.3) is 0 Å². The number of thiocarbonyl (C=S) groups is 1. The fraction of sp³-hybridized carbons (Fsp3) is 0.227. The fourth-order valence-electron chi connectivity index (χ4n) is 3.67. The van der Waals surface area contributed by atoms with Crippen molar-refractivity contribution in [2.75, 3.05) is 31.0 Å². The SMILES string of the molecule is COCC(=O)Nc1cc(N2C(=S)N[C@@H](c3ccccn3)[C@H]2c2ccc(Cl)s2)ccc1OC. The molecule has 1 aromatic carbocycles. The lowest BCUT2D eigenvalue weighted by atomic mass is 10.0. The van der Waals surface area contributed by atoms with Crippen molar-refractivity contribution in [1.82, 2.24) is 10.3 Å². The van der Waals surface area contributed by atoms with Crippen molar-refractivity contribution in [1.29, 1.82) is 0 Å². The topological polar surface area (TPSA) is 75.7 Å². The number of rotatable bonds is 7. The van der Waals surface area contributed by atoms with Crippen LogP contribution in [0.5, 0.6) is 5.75 Å². The number of nitrogens with one attached hydrogen (secondary N) is 2. The van der Waals surface area contributed by atoms with Crippen LogP contribution in [0.4, 0.5) is 11.4 Å². The van der Waals surface area contributed by atoms with Crippen LogP contribution in [0.2, 0.25) is 4.34 Å². The lowest BCUT2D eigenvalue weighted by Gasteiger charge is -2.27. The van der Waals surface area contributed by atoms with E-state index in [1.54, 1.807) is 19.4 Å². The first-order chi connectivity index (χ1) is 15.5. The maximum Gasteiger partial charge on any atom is 0.250 e. The van der Waals surface area contributed by atoms with E-state index in [9.17, 15) is 4.79 Å². The summed E-state index contributed by atoms with van der Waals surface area (Å²) in [4.78, 5) is 19.7. The van der Waals surface area contributed by atoms with Crippen LogP contribution >= 0.6 is 35.2 Å². The summed E-state index contributed by atoms with van der Waals surface area (Å²) >= 11 is 13.5. The molecule has 10 heteroatoms. The van der Waals surface area contributed by atoms with E-state index in [1.807, 2.05) is 47.4 Å². The average molecular weight is 489 g/mol. The highest BCUT2D eigenvalue weighted by Gasteiger charge is 2.41. The van der Waals surface area contributed by atoms with E-state index in [0.717, 1.165) is 16.3 Å². The van der Waals surface area contributed by atoms with E-state index in [4.69, 9.17) is 33.3 Å². The van der Waals surface area contributed by atoms with Crippen LogP contribution in [0.15, 0.2) is 54.7 Å². The third-order valence-corrected chi connectivity index (χ3v) is 6.61. The molecule has 0 spiro atoms. The molecular formula is C22H21ClN4O3S2. The van der Waals surface area contributed by atoms with Crippen LogP contribution < -0.4 is 20.3 Å². The number of ether oxygens (including phenoxy) is 2. The highest BCUT2D eigenvalue weighted by molar-refractivity contribution is 7.80. The summed E-state index contributed by atoms with van der Waals surface area (Å²) in [6.07, 6.45) is 1.76. The number of carbonyl (C=O) groups excluding carboxylic acids is 1. The Morgan fingerprint density at radius 2 is 2.12 bits per heavy atom. The molecule has 1 aliphatic rings. The monoisotopic (exact) mass is 488 g/mol. The highest BCUT2D eigenvalue weighted by atomic mass is 35.5. The van der Waals surface area contributed by atoms with Crippen molar-refractivity contribution in [2.24, 2.45) is 0 Å². The van der Waals surface area contributed by atoms with Crippen LogP contribution in [0.1, 0.15) is 22.7 Å². The molecular weight excluding hydrogens is 468 g/mol. The van der Waals surface area contributed by atoms with Gasteiger partial charge in [-0.25, -0.2) is 0 Å². The molecule has 1 saturated heterocycles. The molecule has 0 radical (unpaired) electrons. The molecule has 32 heavy (non-hydrogen) atoms. The fourth-order valence-corrected chi connectivity index (χ4v) is 5.21. The lowest BCUT2D eigenvalue weighted by molar-refractivity contribution is -0.119. The van der Waals surface area contributed by atoms with Crippen molar-refractivity contribution in [3.8, 4) is 5.75 Å². The van der Waals surface area contributed by atoms with Gasteiger partial charge in [-0.3, -0.25) is 9.78 Å². The van der Waals surface area contributed by atoms with Crippen molar-refractivity contribution < 1.29 is 14.3 Å². The van der Waals surface area contributed by atoms with Gasteiger partial charge in [-0.15, -0.1) is 11.3 Å². The minimum absolute atomic E-state index is 0.0604. The van der Waals surface area contributed by atoms with Gasteiger partial charge in [0.2, 0.25) is 5.91 Å². The maximum absolute atomic E-state index is 12.1. The van der Waals surface area contributed by atoms with Gasteiger partial charge >= 0.3 is 0 Å². The van der Waals surface area contributed by atoms with Crippen molar-refractivity contribution in [2.45, 2.75) is 12.1 Å². The molecule has 0 aliphatic carbocycles. The molecule has 0 saturated carbocycles. The predicted molar refractivity (Wildman–Crippen MR) is 131 cm³/mol. The van der Waals surface area contributed by atoms with E-state index < -0.39 is 0 Å². The first-order valence-corrected chi connectivity index (χ1v) is 11.3. The van der Waals surface area contributed by atoms with Gasteiger partial charge in [0, 0.05) is 23.9 Å². The smallest absolute Gasteiger partial charge is 0.250 e. The summed E-state index contributed by atoms with van der Waals surface area (Å²) in [7, 11) is 3.02. The molecule has 1 aliphatic heterocycles. The lowest BCUT2D eigenvalue weighted by Crippen LogP contribution is -2.29. The van der Waals surface area contributed by atoms with E-state index in [1.165, 1.54) is 18.4 Å². The third kappa shape index (κ3) is 4.56. The van der Waals surface area contributed by atoms with Gasteiger partial charge in [-0.2, -0.15) is 0 Å².